The Bertz CT molecular complexity index is 694. The zero-order chi connectivity index (χ0) is 16.3. The molecule has 2 rings (SSSR count). The maximum absolute atomic E-state index is 12.1. The number of aromatic amines is 1. The number of aromatic nitrogens is 1. The van der Waals surface area contributed by atoms with Gasteiger partial charge in [0.2, 0.25) is 5.91 Å². The van der Waals surface area contributed by atoms with Crippen molar-refractivity contribution < 1.29 is 27.9 Å². The number of rotatable bonds is 5. The van der Waals surface area contributed by atoms with Crippen LogP contribution in [0.2, 0.25) is 0 Å². The molecule has 5 nitrogen and oxygen atoms in total. The molecule has 0 fully saturated rings. The van der Waals surface area contributed by atoms with Crippen LogP contribution in [0.1, 0.15) is 12.0 Å². The molecule has 0 aliphatic carbocycles. The molecule has 0 saturated carbocycles. The molecule has 118 valence electrons. The van der Waals surface area contributed by atoms with Gasteiger partial charge in [-0.05, 0) is 11.6 Å². The highest BCUT2D eigenvalue weighted by Gasteiger charge is 2.33. The standard InChI is InChI=1S/C14H13F3N2O3/c15-14(16,17)6-12(20)19-11(13(21)22)5-8-7-18-10-4-2-1-3-9(8)10/h1-4,7,11,18H,5-6H2,(H,19,20)(H,21,22). The lowest BCUT2D eigenvalue weighted by Gasteiger charge is -2.15. The molecule has 0 spiro atoms. The highest BCUT2D eigenvalue weighted by atomic mass is 19.4. The number of fused-ring (bicyclic) bond motifs is 1. The van der Waals surface area contributed by atoms with Gasteiger partial charge in [0.25, 0.3) is 0 Å². The third-order valence-corrected chi connectivity index (χ3v) is 3.09. The lowest BCUT2D eigenvalue weighted by molar-refractivity contribution is -0.156. The van der Waals surface area contributed by atoms with E-state index in [2.05, 4.69) is 4.98 Å². The van der Waals surface area contributed by atoms with Crippen molar-refractivity contribution >= 4 is 22.8 Å². The van der Waals surface area contributed by atoms with Crippen molar-refractivity contribution in [3.05, 3.63) is 36.0 Å². The van der Waals surface area contributed by atoms with E-state index in [1.807, 2.05) is 5.32 Å². The number of hydrogen-bond donors (Lipinski definition) is 3. The Kier molecular flexibility index (Phi) is 4.39. The highest BCUT2D eigenvalue weighted by molar-refractivity contribution is 5.86. The Morgan fingerprint density at radius 2 is 1.95 bits per heavy atom. The molecule has 2 aromatic rings. The monoisotopic (exact) mass is 314 g/mol. The van der Waals surface area contributed by atoms with Crippen molar-refractivity contribution in [2.45, 2.75) is 25.1 Å². The molecule has 8 heteroatoms. The van der Waals surface area contributed by atoms with E-state index in [-0.39, 0.29) is 6.42 Å². The smallest absolute Gasteiger partial charge is 0.397 e. The first-order valence-corrected chi connectivity index (χ1v) is 6.40. The van der Waals surface area contributed by atoms with E-state index in [1.165, 1.54) is 0 Å². The Hall–Kier alpha value is -2.51. The van der Waals surface area contributed by atoms with Crippen LogP contribution in [-0.2, 0) is 16.0 Å². The normalized spacial score (nSPS) is 13.0. The van der Waals surface area contributed by atoms with E-state index in [0.29, 0.717) is 5.56 Å². The summed E-state index contributed by atoms with van der Waals surface area (Å²) in [6.07, 6.45) is -4.90. The number of hydrogen-bond acceptors (Lipinski definition) is 2. The fourth-order valence-corrected chi connectivity index (χ4v) is 2.15. The maximum atomic E-state index is 12.1. The summed E-state index contributed by atoms with van der Waals surface area (Å²) in [7, 11) is 0. The molecule has 22 heavy (non-hydrogen) atoms. The zero-order valence-corrected chi connectivity index (χ0v) is 11.3. The molecule has 1 amide bonds. The molecule has 1 unspecified atom stereocenters. The van der Waals surface area contributed by atoms with E-state index < -0.39 is 30.5 Å². The van der Waals surface area contributed by atoms with E-state index in [1.54, 1.807) is 30.5 Å². The largest absolute Gasteiger partial charge is 0.480 e. The van der Waals surface area contributed by atoms with Gasteiger partial charge in [-0.1, -0.05) is 18.2 Å². The molecule has 0 aliphatic heterocycles. The number of carbonyl (C=O) groups excluding carboxylic acids is 1. The molecule has 1 aromatic carbocycles. The first-order chi connectivity index (χ1) is 10.3. The van der Waals surface area contributed by atoms with Crippen molar-refractivity contribution in [3.8, 4) is 0 Å². The first-order valence-electron chi connectivity index (χ1n) is 6.40. The average molecular weight is 314 g/mol. The Labute approximate surface area is 123 Å². The van der Waals surface area contributed by atoms with Crippen LogP contribution in [0.3, 0.4) is 0 Å². The average Bonchev–Trinajstić information content (AvgIpc) is 2.79. The third kappa shape index (κ3) is 4.00. The van der Waals surface area contributed by atoms with Gasteiger partial charge in [-0.15, -0.1) is 0 Å². The van der Waals surface area contributed by atoms with Crippen molar-refractivity contribution in [1.29, 1.82) is 0 Å². The lowest BCUT2D eigenvalue weighted by Crippen LogP contribution is -2.43. The summed E-state index contributed by atoms with van der Waals surface area (Å²) < 4.78 is 36.4. The Morgan fingerprint density at radius 1 is 1.27 bits per heavy atom. The van der Waals surface area contributed by atoms with Crippen LogP contribution in [0.25, 0.3) is 10.9 Å². The van der Waals surface area contributed by atoms with Gasteiger partial charge < -0.3 is 15.4 Å². The SMILES string of the molecule is O=C(CC(F)(F)F)NC(Cc1c[nH]c2ccccc12)C(=O)O. The van der Waals surface area contributed by atoms with Crippen molar-refractivity contribution in [2.75, 3.05) is 0 Å². The summed E-state index contributed by atoms with van der Waals surface area (Å²) >= 11 is 0. The second-order valence-corrected chi connectivity index (χ2v) is 4.81. The van der Waals surface area contributed by atoms with Gasteiger partial charge in [0, 0.05) is 23.5 Å². The van der Waals surface area contributed by atoms with Gasteiger partial charge in [-0.2, -0.15) is 13.2 Å². The summed E-state index contributed by atoms with van der Waals surface area (Å²) in [6.45, 7) is 0. The second kappa shape index (κ2) is 6.08. The number of amides is 1. The number of halogens is 3. The van der Waals surface area contributed by atoms with E-state index >= 15 is 0 Å². The number of carbonyl (C=O) groups is 2. The fourth-order valence-electron chi connectivity index (χ4n) is 2.15. The summed E-state index contributed by atoms with van der Waals surface area (Å²) in [6, 6.07) is 5.68. The van der Waals surface area contributed by atoms with Gasteiger partial charge in [-0.25, -0.2) is 4.79 Å². The number of benzene rings is 1. The van der Waals surface area contributed by atoms with Crippen LogP contribution in [0.4, 0.5) is 13.2 Å². The van der Waals surface area contributed by atoms with Gasteiger partial charge in [-0.3, -0.25) is 4.79 Å². The molecule has 0 radical (unpaired) electrons. The van der Waals surface area contributed by atoms with Gasteiger partial charge in [0.05, 0.1) is 0 Å². The van der Waals surface area contributed by atoms with Crippen molar-refractivity contribution in [2.24, 2.45) is 0 Å². The molecular formula is C14H13F3N2O3. The molecule has 0 aliphatic rings. The quantitative estimate of drug-likeness (QED) is 0.791. The van der Waals surface area contributed by atoms with Crippen molar-refractivity contribution in [3.63, 3.8) is 0 Å². The topological polar surface area (TPSA) is 82.2 Å². The number of aliphatic carboxylic acids is 1. The zero-order valence-electron chi connectivity index (χ0n) is 11.3. The predicted molar refractivity (Wildman–Crippen MR) is 72.2 cm³/mol. The number of carboxylic acids is 1. The lowest BCUT2D eigenvalue weighted by atomic mass is 10.0. The molecule has 0 saturated heterocycles. The number of nitrogens with one attached hydrogen (secondary N) is 2. The van der Waals surface area contributed by atoms with Crippen LogP contribution in [-0.4, -0.2) is 34.2 Å². The fraction of sp³-hybridized carbons (Fsp3) is 0.286. The molecule has 3 N–H and O–H groups in total. The van der Waals surface area contributed by atoms with Gasteiger partial charge in [0.15, 0.2) is 0 Å². The number of carboxylic acid groups (broad SMARTS) is 1. The molecule has 1 aromatic heterocycles. The number of para-hydroxylation sites is 1. The Morgan fingerprint density at radius 3 is 2.59 bits per heavy atom. The summed E-state index contributed by atoms with van der Waals surface area (Å²) in [4.78, 5) is 25.4. The van der Waals surface area contributed by atoms with Crippen LogP contribution in [0, 0.1) is 0 Å². The predicted octanol–water partition coefficient (Wildman–Crippen LogP) is 2.23. The molecule has 1 heterocycles. The molecular weight excluding hydrogens is 301 g/mol. The van der Waals surface area contributed by atoms with E-state index in [9.17, 15) is 22.8 Å². The molecule has 1 atom stereocenters. The summed E-state index contributed by atoms with van der Waals surface area (Å²) in [5, 5.41) is 11.8. The van der Waals surface area contributed by atoms with Gasteiger partial charge in [0.1, 0.15) is 12.5 Å². The van der Waals surface area contributed by atoms with Crippen LogP contribution < -0.4 is 5.32 Å². The minimum absolute atomic E-state index is 0.108. The second-order valence-electron chi connectivity index (χ2n) is 4.81. The molecule has 0 bridgehead atoms. The number of H-pyrrole nitrogens is 1. The van der Waals surface area contributed by atoms with Crippen molar-refractivity contribution in [1.82, 2.24) is 10.3 Å². The highest BCUT2D eigenvalue weighted by Crippen LogP contribution is 2.21. The van der Waals surface area contributed by atoms with Crippen LogP contribution in [0.5, 0.6) is 0 Å². The first kappa shape index (κ1) is 15.9. The summed E-state index contributed by atoms with van der Waals surface area (Å²) in [5.41, 5.74) is 1.39. The van der Waals surface area contributed by atoms with E-state index in [0.717, 1.165) is 10.9 Å². The minimum atomic E-state index is -4.67. The third-order valence-electron chi connectivity index (χ3n) is 3.09. The van der Waals surface area contributed by atoms with Crippen LogP contribution in [0.15, 0.2) is 30.5 Å². The van der Waals surface area contributed by atoms with Crippen LogP contribution >= 0.6 is 0 Å². The van der Waals surface area contributed by atoms with Gasteiger partial charge >= 0.3 is 12.1 Å². The summed E-state index contributed by atoms with van der Waals surface area (Å²) in [5.74, 6) is -2.75. The number of alkyl halides is 3. The minimum Gasteiger partial charge on any atom is -0.480 e. The van der Waals surface area contributed by atoms with E-state index in [4.69, 9.17) is 5.11 Å². The Balaban J connectivity index is 2.12. The maximum Gasteiger partial charge on any atom is 0.397 e.